The summed E-state index contributed by atoms with van der Waals surface area (Å²) in [5.41, 5.74) is 0.950. The van der Waals surface area contributed by atoms with Gasteiger partial charge < -0.3 is 10.1 Å². The van der Waals surface area contributed by atoms with Crippen molar-refractivity contribution in [1.29, 1.82) is 0 Å². The van der Waals surface area contributed by atoms with E-state index >= 15 is 0 Å². The molecule has 1 fully saturated rings. The molecule has 0 aromatic heterocycles. The maximum atomic E-state index is 13.0. The molecule has 0 aliphatic carbocycles. The minimum atomic E-state index is -3.68. The van der Waals surface area contributed by atoms with Crippen molar-refractivity contribution in [2.24, 2.45) is 0 Å². The van der Waals surface area contributed by atoms with Gasteiger partial charge in [0.1, 0.15) is 0 Å². The predicted octanol–water partition coefficient (Wildman–Crippen LogP) is 2.74. The smallest absolute Gasteiger partial charge is 0.255 e. The zero-order valence-corrected chi connectivity index (χ0v) is 15.6. The molecule has 1 amide bonds. The van der Waals surface area contributed by atoms with Gasteiger partial charge in [0.05, 0.1) is 17.1 Å². The molecule has 0 radical (unpaired) electrons. The van der Waals surface area contributed by atoms with Crippen LogP contribution in [0.1, 0.15) is 24.2 Å². The summed E-state index contributed by atoms with van der Waals surface area (Å²) < 4.78 is 32.9. The lowest BCUT2D eigenvalue weighted by Crippen LogP contribution is -2.48. The van der Waals surface area contributed by atoms with Crippen LogP contribution in [-0.2, 0) is 14.8 Å². The van der Waals surface area contributed by atoms with E-state index in [4.69, 9.17) is 4.74 Å². The molecule has 1 N–H and O–H groups in total. The lowest BCUT2D eigenvalue weighted by Gasteiger charge is -2.34. The first-order valence-corrected chi connectivity index (χ1v) is 9.92. The summed E-state index contributed by atoms with van der Waals surface area (Å²) in [4.78, 5) is 12.5. The van der Waals surface area contributed by atoms with E-state index in [0.717, 1.165) is 0 Å². The number of ether oxygens (including phenoxy) is 1. The van der Waals surface area contributed by atoms with Crippen molar-refractivity contribution in [3.63, 3.8) is 0 Å². The van der Waals surface area contributed by atoms with Gasteiger partial charge in [-0.2, -0.15) is 4.31 Å². The Morgan fingerprint density at radius 1 is 1.04 bits per heavy atom. The maximum Gasteiger partial charge on any atom is 0.255 e. The van der Waals surface area contributed by atoms with Crippen LogP contribution in [0.2, 0.25) is 0 Å². The fourth-order valence-corrected chi connectivity index (χ4v) is 4.64. The number of carbonyl (C=O) groups is 1. The summed E-state index contributed by atoms with van der Waals surface area (Å²) in [5, 5.41) is 2.76. The van der Waals surface area contributed by atoms with Gasteiger partial charge >= 0.3 is 0 Å². The molecule has 2 aromatic rings. The van der Waals surface area contributed by atoms with Gasteiger partial charge in [-0.3, -0.25) is 4.79 Å². The van der Waals surface area contributed by atoms with E-state index in [2.05, 4.69) is 5.32 Å². The monoisotopic (exact) mass is 374 g/mol. The average molecular weight is 374 g/mol. The number of rotatable bonds is 4. The summed E-state index contributed by atoms with van der Waals surface area (Å²) in [5.74, 6) is -0.350. The number of hydrogen-bond acceptors (Lipinski definition) is 4. The predicted molar refractivity (Wildman–Crippen MR) is 99.6 cm³/mol. The van der Waals surface area contributed by atoms with Crippen LogP contribution in [0.15, 0.2) is 59.5 Å². The molecule has 0 spiro atoms. The molecule has 1 aliphatic rings. The highest BCUT2D eigenvalue weighted by molar-refractivity contribution is 7.89. The summed E-state index contributed by atoms with van der Waals surface area (Å²) in [7, 11) is -3.68. The molecule has 1 heterocycles. The van der Waals surface area contributed by atoms with Crippen LogP contribution in [0.3, 0.4) is 0 Å². The van der Waals surface area contributed by atoms with Crippen molar-refractivity contribution in [3.05, 3.63) is 60.2 Å². The summed E-state index contributed by atoms with van der Waals surface area (Å²) >= 11 is 0. The normalized spacial score (nSPS) is 21.3. The molecule has 6 nitrogen and oxygen atoms in total. The molecular formula is C19H22N2O4S. The van der Waals surface area contributed by atoms with Crippen molar-refractivity contribution in [2.45, 2.75) is 31.0 Å². The number of nitrogens with one attached hydrogen (secondary N) is 1. The third-order valence-corrected chi connectivity index (χ3v) is 5.98. The number of nitrogens with zero attached hydrogens (tertiary/aromatic N) is 1. The van der Waals surface area contributed by atoms with Gasteiger partial charge in [-0.05, 0) is 44.2 Å². The van der Waals surface area contributed by atoms with Gasteiger partial charge in [0.15, 0.2) is 0 Å². The topological polar surface area (TPSA) is 75.7 Å². The van der Waals surface area contributed by atoms with Crippen molar-refractivity contribution in [1.82, 2.24) is 4.31 Å². The van der Waals surface area contributed by atoms with Crippen LogP contribution >= 0.6 is 0 Å². The molecule has 1 aliphatic heterocycles. The lowest BCUT2D eigenvalue weighted by molar-refractivity contribution is -0.0440. The fourth-order valence-electron chi connectivity index (χ4n) is 3.00. The molecule has 7 heteroatoms. The van der Waals surface area contributed by atoms with Crippen LogP contribution in [0.4, 0.5) is 5.69 Å². The van der Waals surface area contributed by atoms with E-state index in [0.29, 0.717) is 24.3 Å². The molecule has 0 unspecified atom stereocenters. The van der Waals surface area contributed by atoms with Crippen molar-refractivity contribution in [2.75, 3.05) is 18.4 Å². The summed E-state index contributed by atoms with van der Waals surface area (Å²) in [6.45, 7) is 4.30. The van der Waals surface area contributed by atoms with Crippen molar-refractivity contribution >= 4 is 21.6 Å². The molecule has 138 valence electrons. The number of carbonyl (C=O) groups excluding carboxylic acids is 1. The molecule has 1 saturated heterocycles. The van der Waals surface area contributed by atoms with Crippen LogP contribution in [0, 0.1) is 0 Å². The Kier molecular flexibility index (Phi) is 5.41. The third-order valence-electron chi connectivity index (χ3n) is 4.15. The molecular weight excluding hydrogens is 352 g/mol. The number of amides is 1. The fraction of sp³-hybridized carbons (Fsp3) is 0.316. The van der Waals surface area contributed by atoms with Gasteiger partial charge in [-0.25, -0.2) is 8.42 Å². The Labute approximate surface area is 153 Å². The second-order valence-corrected chi connectivity index (χ2v) is 8.37. The van der Waals surface area contributed by atoms with Gasteiger partial charge in [0.25, 0.3) is 5.91 Å². The molecule has 2 aromatic carbocycles. The standard InChI is InChI=1S/C19H22N2O4S/c1-14-12-21(13-15(2)25-14)26(23,24)18-10-6-7-16(11-18)19(22)20-17-8-4-3-5-9-17/h3-11,14-15H,12-13H2,1-2H3,(H,20,22)/t14-,15-/m0/s1. The van der Waals surface area contributed by atoms with Gasteiger partial charge in [-0.1, -0.05) is 24.3 Å². The summed E-state index contributed by atoms with van der Waals surface area (Å²) in [6, 6.07) is 15.1. The Hall–Kier alpha value is -2.22. The lowest BCUT2D eigenvalue weighted by atomic mass is 10.2. The Morgan fingerprint density at radius 3 is 2.35 bits per heavy atom. The first kappa shape index (κ1) is 18.6. The Bertz CT molecular complexity index is 873. The van der Waals surface area contributed by atoms with Crippen molar-refractivity contribution < 1.29 is 17.9 Å². The van der Waals surface area contributed by atoms with Gasteiger partial charge in [0, 0.05) is 24.3 Å². The first-order chi connectivity index (χ1) is 12.4. The molecule has 26 heavy (non-hydrogen) atoms. The second-order valence-electron chi connectivity index (χ2n) is 6.43. The average Bonchev–Trinajstić information content (AvgIpc) is 2.62. The molecule has 0 bridgehead atoms. The number of morpholine rings is 1. The molecule has 0 saturated carbocycles. The van der Waals surface area contributed by atoms with Crippen molar-refractivity contribution in [3.8, 4) is 0 Å². The Balaban J connectivity index is 1.83. The van der Waals surface area contributed by atoms with E-state index in [1.54, 1.807) is 24.3 Å². The quantitative estimate of drug-likeness (QED) is 0.893. The van der Waals surface area contributed by atoms with Crippen LogP contribution in [0.5, 0.6) is 0 Å². The largest absolute Gasteiger partial charge is 0.373 e. The number of anilines is 1. The zero-order chi connectivity index (χ0) is 18.7. The highest BCUT2D eigenvalue weighted by atomic mass is 32.2. The Morgan fingerprint density at radius 2 is 1.69 bits per heavy atom. The van der Waals surface area contributed by atoms with Crippen LogP contribution < -0.4 is 5.32 Å². The second kappa shape index (κ2) is 7.57. The highest BCUT2D eigenvalue weighted by Crippen LogP contribution is 2.22. The van der Waals surface area contributed by atoms with Crippen LogP contribution in [0.25, 0.3) is 0 Å². The van der Waals surface area contributed by atoms with E-state index < -0.39 is 10.0 Å². The third kappa shape index (κ3) is 4.12. The number of para-hydroxylation sites is 1. The summed E-state index contributed by atoms with van der Waals surface area (Å²) in [6.07, 6.45) is -0.337. The minimum absolute atomic E-state index is 0.111. The number of benzene rings is 2. The highest BCUT2D eigenvalue weighted by Gasteiger charge is 2.32. The first-order valence-electron chi connectivity index (χ1n) is 8.48. The maximum absolute atomic E-state index is 13.0. The van der Waals surface area contributed by atoms with E-state index in [9.17, 15) is 13.2 Å². The van der Waals surface area contributed by atoms with E-state index in [1.165, 1.54) is 16.4 Å². The SMILES string of the molecule is C[C@H]1CN(S(=O)(=O)c2cccc(C(=O)Nc3ccccc3)c2)C[C@H](C)O1. The van der Waals surface area contributed by atoms with Gasteiger partial charge in [-0.15, -0.1) is 0 Å². The van der Waals surface area contributed by atoms with Crippen LogP contribution in [-0.4, -0.2) is 43.9 Å². The number of sulfonamides is 1. The van der Waals surface area contributed by atoms with E-state index in [-0.39, 0.29) is 23.0 Å². The van der Waals surface area contributed by atoms with E-state index in [1.807, 2.05) is 32.0 Å². The molecule has 2 atom stereocenters. The number of hydrogen-bond donors (Lipinski definition) is 1. The molecule has 3 rings (SSSR count). The minimum Gasteiger partial charge on any atom is -0.373 e. The van der Waals surface area contributed by atoms with Gasteiger partial charge in [0.2, 0.25) is 10.0 Å². The zero-order valence-electron chi connectivity index (χ0n) is 14.8.